The summed E-state index contributed by atoms with van der Waals surface area (Å²) in [4.78, 5) is 12.3. The molecule has 3 heteroatoms. The highest BCUT2D eigenvalue weighted by atomic mass is 16.3. The molecule has 1 aromatic heterocycles. The Hall–Kier alpha value is -2.34. The second-order valence-corrected chi connectivity index (χ2v) is 4.72. The summed E-state index contributed by atoms with van der Waals surface area (Å²) in [6.07, 6.45) is 1.41. The van der Waals surface area contributed by atoms with E-state index < -0.39 is 5.92 Å². The lowest BCUT2D eigenvalue weighted by molar-refractivity contribution is 0.0978. The number of carbonyl (C=O) groups excluding carboxylic acids is 1. The lowest BCUT2D eigenvalue weighted by Gasteiger charge is -2.09. The molecule has 0 spiro atoms. The summed E-state index contributed by atoms with van der Waals surface area (Å²) in [5.41, 5.74) is 3.40. The van der Waals surface area contributed by atoms with E-state index in [0.29, 0.717) is 11.3 Å². The fourth-order valence-electron chi connectivity index (χ4n) is 1.97. The van der Waals surface area contributed by atoms with Gasteiger partial charge in [-0.3, -0.25) is 4.79 Å². The zero-order chi connectivity index (χ0) is 14.0. The fraction of sp³-hybridized carbons (Fsp3) is 0.250. The van der Waals surface area contributed by atoms with Gasteiger partial charge in [0.25, 0.3) is 0 Å². The summed E-state index contributed by atoms with van der Waals surface area (Å²) in [6.45, 7) is 5.75. The molecule has 1 heterocycles. The number of ketones is 1. The van der Waals surface area contributed by atoms with E-state index in [1.54, 1.807) is 13.0 Å². The highest BCUT2D eigenvalue weighted by Gasteiger charge is 2.23. The Kier molecular flexibility index (Phi) is 3.52. The van der Waals surface area contributed by atoms with Gasteiger partial charge in [-0.25, -0.2) is 0 Å². The van der Waals surface area contributed by atoms with Gasteiger partial charge in [-0.15, -0.1) is 0 Å². The zero-order valence-electron chi connectivity index (χ0n) is 11.2. The Labute approximate surface area is 112 Å². The number of Topliss-reactive ketones (excluding diaryl/α,β-unsaturated/α-hetero) is 1. The van der Waals surface area contributed by atoms with E-state index in [0.717, 1.165) is 16.7 Å². The molecule has 0 saturated carbocycles. The quantitative estimate of drug-likeness (QED) is 0.784. The van der Waals surface area contributed by atoms with Crippen molar-refractivity contribution in [1.29, 1.82) is 5.26 Å². The molecule has 0 aliphatic carbocycles. The van der Waals surface area contributed by atoms with Gasteiger partial charge >= 0.3 is 0 Å². The molecule has 3 nitrogen and oxygen atoms in total. The maximum absolute atomic E-state index is 12.3. The minimum absolute atomic E-state index is 0.220. The summed E-state index contributed by atoms with van der Waals surface area (Å²) in [6, 6.07) is 9.41. The van der Waals surface area contributed by atoms with Crippen molar-refractivity contribution in [2.45, 2.75) is 26.7 Å². The molecule has 0 amide bonds. The second kappa shape index (κ2) is 5.11. The van der Waals surface area contributed by atoms with Crippen molar-refractivity contribution in [2.75, 3.05) is 0 Å². The minimum Gasteiger partial charge on any atom is -0.469 e. The molecule has 0 fully saturated rings. The fourth-order valence-corrected chi connectivity index (χ4v) is 1.97. The maximum Gasteiger partial charge on any atom is 0.187 e. The topological polar surface area (TPSA) is 54.0 Å². The third-order valence-electron chi connectivity index (χ3n) is 3.27. The number of hydrogen-bond acceptors (Lipinski definition) is 3. The van der Waals surface area contributed by atoms with Crippen molar-refractivity contribution < 1.29 is 9.21 Å². The van der Waals surface area contributed by atoms with Gasteiger partial charge in [0.05, 0.1) is 11.6 Å². The summed E-state index contributed by atoms with van der Waals surface area (Å²) in [5, 5.41) is 9.28. The van der Waals surface area contributed by atoms with Gasteiger partial charge in [0.1, 0.15) is 17.9 Å². The summed E-state index contributed by atoms with van der Waals surface area (Å²) in [5.74, 6) is -0.334. The number of benzene rings is 1. The lowest BCUT2D eigenvalue weighted by atomic mass is 9.91. The molecule has 0 aliphatic rings. The van der Waals surface area contributed by atoms with Crippen LogP contribution in [-0.4, -0.2) is 5.78 Å². The van der Waals surface area contributed by atoms with Crippen LogP contribution >= 0.6 is 0 Å². The number of furan rings is 1. The Morgan fingerprint density at radius 1 is 1.21 bits per heavy atom. The first-order valence-corrected chi connectivity index (χ1v) is 6.09. The van der Waals surface area contributed by atoms with Gasteiger partial charge in [-0.2, -0.15) is 5.26 Å². The Morgan fingerprint density at radius 2 is 1.95 bits per heavy atom. The highest BCUT2D eigenvalue weighted by Crippen LogP contribution is 2.23. The first-order chi connectivity index (χ1) is 9.02. The number of nitrogens with zero attached hydrogens (tertiary/aromatic N) is 1. The standard InChI is InChI=1S/C16H15NO2/c1-10-4-5-13(6-11(10)2)15(8-17)16(18)14-7-12(3)19-9-14/h4-7,9,15H,1-3H3. The summed E-state index contributed by atoms with van der Waals surface area (Å²) in [7, 11) is 0. The van der Waals surface area contributed by atoms with Gasteiger partial charge in [0.15, 0.2) is 5.78 Å². The Bertz CT molecular complexity index is 662. The number of rotatable bonds is 3. The van der Waals surface area contributed by atoms with E-state index >= 15 is 0 Å². The number of hydrogen-bond donors (Lipinski definition) is 0. The monoisotopic (exact) mass is 253 g/mol. The third-order valence-corrected chi connectivity index (χ3v) is 3.27. The molecule has 0 aliphatic heterocycles. The first kappa shape index (κ1) is 13.1. The molecule has 1 atom stereocenters. The van der Waals surface area contributed by atoms with E-state index in [2.05, 4.69) is 6.07 Å². The van der Waals surface area contributed by atoms with Crippen LogP contribution in [0.5, 0.6) is 0 Å². The van der Waals surface area contributed by atoms with Crippen LogP contribution in [0.3, 0.4) is 0 Å². The molecule has 2 rings (SSSR count). The van der Waals surface area contributed by atoms with Crippen LogP contribution in [0, 0.1) is 32.1 Å². The molecular weight excluding hydrogens is 238 g/mol. The average molecular weight is 253 g/mol. The molecule has 19 heavy (non-hydrogen) atoms. The second-order valence-electron chi connectivity index (χ2n) is 4.72. The maximum atomic E-state index is 12.3. The molecule has 0 radical (unpaired) electrons. The van der Waals surface area contributed by atoms with Crippen LogP contribution in [0.25, 0.3) is 0 Å². The SMILES string of the molecule is Cc1cc(C(=O)C(C#N)c2ccc(C)c(C)c2)co1. The van der Waals surface area contributed by atoms with Crippen LogP contribution in [0.4, 0.5) is 0 Å². The smallest absolute Gasteiger partial charge is 0.187 e. The van der Waals surface area contributed by atoms with Crippen molar-refractivity contribution in [1.82, 2.24) is 0 Å². The van der Waals surface area contributed by atoms with E-state index in [4.69, 9.17) is 4.42 Å². The summed E-state index contributed by atoms with van der Waals surface area (Å²) < 4.78 is 5.13. The van der Waals surface area contributed by atoms with E-state index in [-0.39, 0.29) is 5.78 Å². The molecule has 96 valence electrons. The molecule has 0 bridgehead atoms. The number of aryl methyl sites for hydroxylation is 3. The van der Waals surface area contributed by atoms with Crippen molar-refractivity contribution in [3.63, 3.8) is 0 Å². The van der Waals surface area contributed by atoms with Crippen molar-refractivity contribution >= 4 is 5.78 Å². The first-order valence-electron chi connectivity index (χ1n) is 6.09. The van der Waals surface area contributed by atoms with E-state index in [1.807, 2.05) is 32.0 Å². The van der Waals surface area contributed by atoms with Crippen molar-refractivity contribution in [2.24, 2.45) is 0 Å². The molecular formula is C16H15NO2. The predicted molar refractivity (Wildman–Crippen MR) is 72.0 cm³/mol. The zero-order valence-corrected chi connectivity index (χ0v) is 11.2. The van der Waals surface area contributed by atoms with Crippen molar-refractivity contribution in [3.05, 3.63) is 58.5 Å². The van der Waals surface area contributed by atoms with Crippen LogP contribution in [0.15, 0.2) is 34.9 Å². The van der Waals surface area contributed by atoms with Crippen LogP contribution in [0.1, 0.15) is 38.7 Å². The third kappa shape index (κ3) is 2.58. The summed E-state index contributed by atoms with van der Waals surface area (Å²) >= 11 is 0. The predicted octanol–water partition coefficient (Wildman–Crippen LogP) is 3.69. The Balaban J connectivity index is 2.37. The lowest BCUT2D eigenvalue weighted by Crippen LogP contribution is -2.10. The molecule has 0 N–H and O–H groups in total. The van der Waals surface area contributed by atoms with Gasteiger partial charge in [0, 0.05) is 0 Å². The average Bonchev–Trinajstić information content (AvgIpc) is 2.81. The molecule has 1 unspecified atom stereocenters. The largest absolute Gasteiger partial charge is 0.469 e. The highest BCUT2D eigenvalue weighted by molar-refractivity contribution is 6.02. The normalized spacial score (nSPS) is 11.9. The van der Waals surface area contributed by atoms with E-state index in [9.17, 15) is 10.1 Å². The minimum atomic E-state index is -0.781. The van der Waals surface area contributed by atoms with Gasteiger partial charge in [-0.05, 0) is 43.5 Å². The van der Waals surface area contributed by atoms with Crippen molar-refractivity contribution in [3.8, 4) is 6.07 Å². The number of nitriles is 1. The Morgan fingerprint density at radius 3 is 2.47 bits per heavy atom. The van der Waals surface area contributed by atoms with Gasteiger partial charge in [0.2, 0.25) is 0 Å². The van der Waals surface area contributed by atoms with Crippen LogP contribution in [0.2, 0.25) is 0 Å². The van der Waals surface area contributed by atoms with Gasteiger partial charge < -0.3 is 4.42 Å². The molecule has 1 aromatic carbocycles. The van der Waals surface area contributed by atoms with E-state index in [1.165, 1.54) is 6.26 Å². The molecule has 2 aromatic rings. The van der Waals surface area contributed by atoms with Gasteiger partial charge in [-0.1, -0.05) is 18.2 Å². The molecule has 0 saturated heterocycles. The van der Waals surface area contributed by atoms with Crippen LogP contribution in [-0.2, 0) is 0 Å². The van der Waals surface area contributed by atoms with Crippen LogP contribution < -0.4 is 0 Å². The number of carbonyl (C=O) groups is 1.